The van der Waals surface area contributed by atoms with Crippen LogP contribution in [0.2, 0.25) is 0 Å². The summed E-state index contributed by atoms with van der Waals surface area (Å²) in [4.78, 5) is 4.29. The van der Waals surface area contributed by atoms with E-state index >= 15 is 0 Å². The van der Waals surface area contributed by atoms with Gasteiger partial charge in [-0.25, -0.2) is 0 Å². The summed E-state index contributed by atoms with van der Waals surface area (Å²) in [6.07, 6.45) is 0.713. The molecule has 0 aliphatic heterocycles. The van der Waals surface area contributed by atoms with Crippen LogP contribution in [0.25, 0.3) is 11.7 Å². The summed E-state index contributed by atoms with van der Waals surface area (Å²) in [5, 5.41) is 11.0. The third kappa shape index (κ3) is 2.76. The van der Waals surface area contributed by atoms with E-state index in [0.29, 0.717) is 35.9 Å². The Morgan fingerprint density at radius 1 is 1.22 bits per heavy atom. The van der Waals surface area contributed by atoms with Crippen molar-refractivity contribution in [2.75, 3.05) is 7.05 Å². The standard InChI is InChI=1S/C12H18N4O2/c1-7(2)9-6-10(17-15-9)12-14-11(16-18-12)5-8(3)13-4/h6-8,13H,5H2,1-4H3. The minimum atomic E-state index is 0.302. The summed E-state index contributed by atoms with van der Waals surface area (Å²) in [5.41, 5.74) is 0.883. The summed E-state index contributed by atoms with van der Waals surface area (Å²) < 4.78 is 10.4. The number of hydrogen-bond acceptors (Lipinski definition) is 6. The van der Waals surface area contributed by atoms with E-state index < -0.39 is 0 Å². The molecule has 2 aromatic rings. The van der Waals surface area contributed by atoms with Crippen LogP contribution < -0.4 is 5.32 Å². The van der Waals surface area contributed by atoms with Crippen molar-refractivity contribution < 1.29 is 9.05 Å². The summed E-state index contributed by atoms with van der Waals surface area (Å²) in [6, 6.07) is 2.14. The van der Waals surface area contributed by atoms with Gasteiger partial charge in [-0.3, -0.25) is 0 Å². The first kappa shape index (κ1) is 12.8. The zero-order chi connectivity index (χ0) is 13.1. The molecule has 1 atom stereocenters. The first-order chi connectivity index (χ1) is 8.60. The molecule has 0 saturated heterocycles. The highest BCUT2D eigenvalue weighted by atomic mass is 16.5. The molecule has 1 N–H and O–H groups in total. The molecule has 0 amide bonds. The number of nitrogens with zero attached hydrogens (tertiary/aromatic N) is 3. The van der Waals surface area contributed by atoms with Crippen LogP contribution in [0.3, 0.4) is 0 Å². The Kier molecular flexibility index (Phi) is 3.76. The van der Waals surface area contributed by atoms with Crippen molar-refractivity contribution in [2.45, 2.75) is 39.2 Å². The van der Waals surface area contributed by atoms with Crippen molar-refractivity contribution in [1.82, 2.24) is 20.6 Å². The zero-order valence-electron chi connectivity index (χ0n) is 11.1. The van der Waals surface area contributed by atoms with Crippen LogP contribution in [0.5, 0.6) is 0 Å². The Morgan fingerprint density at radius 3 is 2.61 bits per heavy atom. The molecule has 6 heteroatoms. The molecule has 2 heterocycles. The molecule has 6 nitrogen and oxygen atoms in total. The molecule has 2 rings (SSSR count). The van der Waals surface area contributed by atoms with Crippen molar-refractivity contribution in [3.8, 4) is 11.7 Å². The Hall–Kier alpha value is -1.69. The smallest absolute Gasteiger partial charge is 0.296 e. The van der Waals surface area contributed by atoms with Crippen molar-refractivity contribution in [1.29, 1.82) is 0 Å². The average molecular weight is 250 g/mol. The second-order valence-electron chi connectivity index (χ2n) is 4.68. The van der Waals surface area contributed by atoms with Crippen LogP contribution in [0.15, 0.2) is 15.1 Å². The van der Waals surface area contributed by atoms with Crippen LogP contribution in [0.4, 0.5) is 0 Å². The van der Waals surface area contributed by atoms with Gasteiger partial charge in [0.05, 0.1) is 5.69 Å². The van der Waals surface area contributed by atoms with E-state index in [0.717, 1.165) is 5.69 Å². The molecule has 0 bridgehead atoms. The molecule has 0 aromatic carbocycles. The van der Waals surface area contributed by atoms with Crippen LogP contribution in [-0.2, 0) is 6.42 Å². The lowest BCUT2D eigenvalue weighted by atomic mass is 10.1. The molecule has 2 aromatic heterocycles. The molecule has 98 valence electrons. The van der Waals surface area contributed by atoms with Gasteiger partial charge in [0.25, 0.3) is 5.89 Å². The number of rotatable bonds is 5. The molecule has 18 heavy (non-hydrogen) atoms. The maximum atomic E-state index is 5.19. The minimum absolute atomic E-state index is 0.302. The predicted octanol–water partition coefficient (Wildman–Crippen LogP) is 2.00. The van der Waals surface area contributed by atoms with Gasteiger partial charge in [0.1, 0.15) is 0 Å². The van der Waals surface area contributed by atoms with Crippen molar-refractivity contribution in [3.05, 3.63) is 17.6 Å². The van der Waals surface area contributed by atoms with E-state index in [4.69, 9.17) is 9.05 Å². The van der Waals surface area contributed by atoms with Gasteiger partial charge in [0.2, 0.25) is 5.76 Å². The lowest BCUT2D eigenvalue weighted by Crippen LogP contribution is -2.24. The van der Waals surface area contributed by atoms with Crippen LogP contribution in [0, 0.1) is 0 Å². The van der Waals surface area contributed by atoms with E-state index in [1.54, 1.807) is 0 Å². The predicted molar refractivity (Wildman–Crippen MR) is 66.1 cm³/mol. The quantitative estimate of drug-likeness (QED) is 0.874. The van der Waals surface area contributed by atoms with Gasteiger partial charge < -0.3 is 14.4 Å². The van der Waals surface area contributed by atoms with Crippen molar-refractivity contribution >= 4 is 0 Å². The molecule has 1 unspecified atom stereocenters. The highest BCUT2D eigenvalue weighted by Gasteiger charge is 2.16. The molecule has 0 spiro atoms. The second-order valence-corrected chi connectivity index (χ2v) is 4.68. The van der Waals surface area contributed by atoms with E-state index in [-0.39, 0.29) is 0 Å². The van der Waals surface area contributed by atoms with Gasteiger partial charge in [-0.15, -0.1) is 0 Å². The first-order valence-electron chi connectivity index (χ1n) is 6.07. The summed E-state index contributed by atoms with van der Waals surface area (Å²) in [7, 11) is 1.90. The Morgan fingerprint density at radius 2 is 2.00 bits per heavy atom. The first-order valence-corrected chi connectivity index (χ1v) is 6.07. The highest BCUT2D eigenvalue weighted by Crippen LogP contribution is 2.22. The monoisotopic (exact) mass is 250 g/mol. The summed E-state index contributed by atoms with van der Waals surface area (Å²) in [6.45, 7) is 6.16. The van der Waals surface area contributed by atoms with E-state index in [2.05, 4.69) is 41.4 Å². The largest absolute Gasteiger partial charge is 0.351 e. The van der Waals surface area contributed by atoms with E-state index in [1.807, 2.05) is 13.1 Å². The average Bonchev–Trinajstić information content (AvgIpc) is 2.96. The highest BCUT2D eigenvalue weighted by molar-refractivity contribution is 5.44. The molecule has 0 saturated carbocycles. The van der Waals surface area contributed by atoms with Gasteiger partial charge in [-0.05, 0) is 19.9 Å². The third-order valence-corrected chi connectivity index (χ3v) is 2.78. The van der Waals surface area contributed by atoms with E-state index in [9.17, 15) is 0 Å². The molecule has 0 fully saturated rings. The lowest BCUT2D eigenvalue weighted by Gasteiger charge is -2.04. The maximum absolute atomic E-state index is 5.19. The van der Waals surface area contributed by atoms with Gasteiger partial charge in [-0.1, -0.05) is 24.2 Å². The topological polar surface area (TPSA) is 77.0 Å². The van der Waals surface area contributed by atoms with Crippen LogP contribution in [0.1, 0.15) is 38.2 Å². The Balaban J connectivity index is 2.13. The second kappa shape index (κ2) is 5.30. The van der Waals surface area contributed by atoms with Crippen molar-refractivity contribution in [3.63, 3.8) is 0 Å². The molecule has 0 aliphatic carbocycles. The van der Waals surface area contributed by atoms with Gasteiger partial charge in [0, 0.05) is 18.5 Å². The van der Waals surface area contributed by atoms with Crippen LogP contribution >= 0.6 is 0 Å². The zero-order valence-corrected chi connectivity index (χ0v) is 11.1. The number of likely N-dealkylation sites (N-methyl/N-ethyl adjacent to an activating group) is 1. The Bertz CT molecular complexity index is 504. The van der Waals surface area contributed by atoms with Crippen LogP contribution in [-0.4, -0.2) is 28.4 Å². The fraction of sp³-hybridized carbons (Fsp3) is 0.583. The van der Waals surface area contributed by atoms with Gasteiger partial charge in [-0.2, -0.15) is 4.98 Å². The number of nitrogens with one attached hydrogen (secondary N) is 1. The number of hydrogen-bond donors (Lipinski definition) is 1. The van der Waals surface area contributed by atoms with Gasteiger partial charge >= 0.3 is 0 Å². The normalized spacial score (nSPS) is 13.2. The lowest BCUT2D eigenvalue weighted by molar-refractivity contribution is 0.376. The summed E-state index contributed by atoms with van der Waals surface area (Å²) in [5.74, 6) is 1.88. The molecule has 0 radical (unpaired) electrons. The Labute approximate surface area is 106 Å². The fourth-order valence-corrected chi connectivity index (χ4v) is 1.47. The maximum Gasteiger partial charge on any atom is 0.296 e. The van der Waals surface area contributed by atoms with Gasteiger partial charge in [0.15, 0.2) is 5.82 Å². The molecular formula is C12H18N4O2. The summed E-state index contributed by atoms with van der Waals surface area (Å²) >= 11 is 0. The SMILES string of the molecule is CNC(C)Cc1noc(-c2cc(C(C)C)no2)n1. The molecule has 0 aliphatic rings. The third-order valence-electron chi connectivity index (χ3n) is 2.78. The minimum Gasteiger partial charge on any atom is -0.351 e. The van der Waals surface area contributed by atoms with E-state index in [1.165, 1.54) is 0 Å². The number of aromatic nitrogens is 3. The molecular weight excluding hydrogens is 232 g/mol. The fourth-order valence-electron chi connectivity index (χ4n) is 1.47. The van der Waals surface area contributed by atoms with Crippen molar-refractivity contribution in [2.24, 2.45) is 0 Å².